The molecule has 0 saturated carbocycles. The Kier molecular flexibility index (Phi) is 8.23. The van der Waals surface area contributed by atoms with Gasteiger partial charge >= 0.3 is 5.97 Å². The lowest BCUT2D eigenvalue weighted by atomic mass is 9.97. The van der Waals surface area contributed by atoms with E-state index >= 15 is 0 Å². The molecule has 2 saturated heterocycles. The molecule has 0 bridgehead atoms. The Morgan fingerprint density at radius 3 is 2.68 bits per heavy atom. The normalized spacial score (nSPS) is 21.8. The fourth-order valence-corrected chi connectivity index (χ4v) is 4.90. The van der Waals surface area contributed by atoms with Crippen molar-refractivity contribution in [3.63, 3.8) is 0 Å². The van der Waals surface area contributed by atoms with E-state index in [9.17, 15) is 23.5 Å². The van der Waals surface area contributed by atoms with Gasteiger partial charge in [0.1, 0.15) is 10.7 Å². The molecule has 2 aliphatic rings. The van der Waals surface area contributed by atoms with Crippen LogP contribution in [0.5, 0.6) is 0 Å². The van der Waals surface area contributed by atoms with Crippen molar-refractivity contribution >= 4 is 29.0 Å². The molecule has 9 nitrogen and oxygen atoms in total. The summed E-state index contributed by atoms with van der Waals surface area (Å²) in [4.78, 5) is 31.0. The Morgan fingerprint density at radius 1 is 1.30 bits per heavy atom. The zero-order valence-electron chi connectivity index (χ0n) is 20.2. The second-order valence-corrected chi connectivity index (χ2v) is 9.34. The summed E-state index contributed by atoms with van der Waals surface area (Å²) in [6.07, 6.45) is 1.05. The van der Waals surface area contributed by atoms with E-state index in [1.807, 2.05) is 0 Å². The number of alkyl halides is 2. The lowest BCUT2D eigenvalue weighted by Crippen LogP contribution is -2.40. The zero-order chi connectivity index (χ0) is 26.7. The third-order valence-electron chi connectivity index (χ3n) is 6.60. The topological polar surface area (TPSA) is 123 Å². The van der Waals surface area contributed by atoms with E-state index in [-0.39, 0.29) is 29.1 Å². The van der Waals surface area contributed by atoms with Crippen LogP contribution >= 0.6 is 11.6 Å². The van der Waals surface area contributed by atoms with Gasteiger partial charge in [0.05, 0.1) is 17.9 Å². The highest BCUT2D eigenvalue weighted by atomic mass is 35.5. The van der Waals surface area contributed by atoms with Crippen LogP contribution in [-0.2, 0) is 9.53 Å². The molecular formula is C25H28ClF2N5O4. The van der Waals surface area contributed by atoms with Gasteiger partial charge < -0.3 is 20.5 Å². The van der Waals surface area contributed by atoms with Gasteiger partial charge in [-0.2, -0.15) is 9.78 Å². The Balaban J connectivity index is 1.65. The number of benzene rings is 1. The predicted molar refractivity (Wildman–Crippen MR) is 135 cm³/mol. The minimum Gasteiger partial charge on any atom is -0.477 e. The smallest absolute Gasteiger partial charge is 0.352 e. The highest BCUT2D eigenvalue weighted by Gasteiger charge is 2.29. The van der Waals surface area contributed by atoms with Crippen molar-refractivity contribution in [3.05, 3.63) is 68.2 Å². The molecule has 2 atom stereocenters. The van der Waals surface area contributed by atoms with E-state index in [0.717, 1.165) is 12.8 Å². The van der Waals surface area contributed by atoms with Crippen molar-refractivity contribution < 1.29 is 23.4 Å². The first-order valence-corrected chi connectivity index (χ1v) is 12.4. The number of nitrogens with zero attached hydrogens (tertiary/aromatic N) is 4. The van der Waals surface area contributed by atoms with Crippen molar-refractivity contribution in [3.8, 4) is 0 Å². The third kappa shape index (κ3) is 5.67. The second-order valence-electron chi connectivity index (χ2n) is 8.97. The van der Waals surface area contributed by atoms with Crippen molar-refractivity contribution in [1.29, 1.82) is 0 Å². The fourth-order valence-electron chi connectivity index (χ4n) is 4.64. The van der Waals surface area contributed by atoms with E-state index in [1.165, 1.54) is 23.0 Å². The molecule has 1 aromatic heterocycles. The van der Waals surface area contributed by atoms with Gasteiger partial charge in [0.15, 0.2) is 6.23 Å². The van der Waals surface area contributed by atoms with Gasteiger partial charge in [0.25, 0.3) is 12.0 Å². The third-order valence-corrected chi connectivity index (χ3v) is 6.95. The molecular weight excluding hydrogens is 508 g/mol. The van der Waals surface area contributed by atoms with E-state index in [1.54, 1.807) is 24.0 Å². The first-order chi connectivity index (χ1) is 17.7. The Labute approximate surface area is 217 Å². The minimum absolute atomic E-state index is 0.00492. The average Bonchev–Trinajstić information content (AvgIpc) is 2.90. The van der Waals surface area contributed by atoms with Gasteiger partial charge in [-0.3, -0.25) is 9.79 Å². The summed E-state index contributed by atoms with van der Waals surface area (Å²) in [7, 11) is 0. The largest absolute Gasteiger partial charge is 0.477 e. The summed E-state index contributed by atoms with van der Waals surface area (Å²) >= 11 is 6.45. The van der Waals surface area contributed by atoms with Crippen LogP contribution in [0.1, 0.15) is 62.4 Å². The number of aliphatic carboxylic acids is 1. The van der Waals surface area contributed by atoms with Crippen LogP contribution in [0.2, 0.25) is 5.02 Å². The lowest BCUT2D eigenvalue weighted by Gasteiger charge is -2.33. The summed E-state index contributed by atoms with van der Waals surface area (Å²) in [5.74, 6) is -1.33. The van der Waals surface area contributed by atoms with Crippen LogP contribution in [0, 0.1) is 0 Å². The summed E-state index contributed by atoms with van der Waals surface area (Å²) in [6, 6.07) is 5.44. The van der Waals surface area contributed by atoms with Crippen molar-refractivity contribution in [2.24, 2.45) is 10.7 Å². The molecule has 2 aromatic rings. The van der Waals surface area contributed by atoms with Crippen molar-refractivity contribution in [1.82, 2.24) is 9.78 Å². The van der Waals surface area contributed by atoms with Gasteiger partial charge in [-0.05, 0) is 31.7 Å². The second kappa shape index (κ2) is 11.4. The first-order valence-electron chi connectivity index (χ1n) is 12.0. The molecule has 0 amide bonds. The number of carboxylic acid groups (broad SMARTS) is 1. The van der Waals surface area contributed by atoms with Crippen molar-refractivity contribution in [2.75, 3.05) is 24.6 Å². The first kappa shape index (κ1) is 26.7. The van der Waals surface area contributed by atoms with Crippen LogP contribution < -0.4 is 16.2 Å². The van der Waals surface area contributed by atoms with E-state index in [0.29, 0.717) is 36.5 Å². The Bertz CT molecular complexity index is 1290. The number of rotatable bonds is 6. The van der Waals surface area contributed by atoms with Gasteiger partial charge in [-0.25, -0.2) is 13.6 Å². The number of aromatic nitrogens is 2. The molecule has 1 aromatic carbocycles. The number of halogens is 3. The molecule has 37 heavy (non-hydrogen) atoms. The molecule has 198 valence electrons. The molecule has 3 N–H and O–H groups in total. The quantitative estimate of drug-likeness (QED) is 0.530. The SMILES string of the molecule is CC(N=C1CCN(c2cnn(C3CCCCO3)c(=O)c2Cl)CC1=C(N)C(=O)O)c1ccccc1C(F)F. The minimum atomic E-state index is -2.67. The number of carboxylic acids is 1. The van der Waals surface area contributed by atoms with E-state index < -0.39 is 35.9 Å². The van der Waals surface area contributed by atoms with Crippen LogP contribution in [0.4, 0.5) is 14.5 Å². The Morgan fingerprint density at radius 2 is 2.03 bits per heavy atom. The number of nitrogens with two attached hydrogens (primary N) is 1. The van der Waals surface area contributed by atoms with Gasteiger partial charge in [0, 0.05) is 43.0 Å². The summed E-state index contributed by atoms with van der Waals surface area (Å²) in [6.45, 7) is 2.55. The number of hydrogen-bond donors (Lipinski definition) is 2. The Hall–Kier alpha value is -3.31. The van der Waals surface area contributed by atoms with Crippen LogP contribution in [0.15, 0.2) is 51.5 Å². The summed E-state index contributed by atoms with van der Waals surface area (Å²) in [5, 5.41) is 13.8. The molecule has 2 unspecified atom stereocenters. The van der Waals surface area contributed by atoms with Gasteiger partial charge in [-0.15, -0.1) is 0 Å². The zero-order valence-corrected chi connectivity index (χ0v) is 21.0. The predicted octanol–water partition coefficient (Wildman–Crippen LogP) is 4.24. The summed E-state index contributed by atoms with van der Waals surface area (Å²) in [5.41, 5.74) is 6.21. The molecule has 0 spiro atoms. The number of carbonyl (C=O) groups is 1. The van der Waals surface area contributed by atoms with Crippen molar-refractivity contribution in [2.45, 2.75) is 51.3 Å². The molecule has 0 radical (unpaired) electrons. The van der Waals surface area contributed by atoms with E-state index in [4.69, 9.17) is 22.1 Å². The molecule has 3 heterocycles. The van der Waals surface area contributed by atoms with Gasteiger partial charge in [0.2, 0.25) is 0 Å². The highest BCUT2D eigenvalue weighted by molar-refractivity contribution is 6.33. The lowest BCUT2D eigenvalue weighted by molar-refractivity contribution is -0.132. The highest BCUT2D eigenvalue weighted by Crippen LogP contribution is 2.32. The van der Waals surface area contributed by atoms with E-state index in [2.05, 4.69) is 10.1 Å². The summed E-state index contributed by atoms with van der Waals surface area (Å²) < 4.78 is 33.9. The average molecular weight is 536 g/mol. The fraction of sp³-hybridized carbons (Fsp3) is 0.440. The molecule has 2 fully saturated rings. The molecule has 2 aliphatic heterocycles. The molecule has 4 rings (SSSR count). The number of aliphatic imine (C=N–C) groups is 1. The van der Waals surface area contributed by atoms with Crippen LogP contribution in [-0.4, -0.2) is 46.3 Å². The number of anilines is 1. The standard InChI is InChI=1S/C25H28ClF2N5O4/c1-14(15-6-2-3-7-16(15)23(27)28)31-18-9-10-32(13-17(18)22(29)25(35)36)19-12-30-33(24(34)21(19)26)20-8-4-5-11-37-20/h2-3,6-7,12,14,20,23H,4-5,8-11,13,29H2,1H3,(H,35,36). The maximum absolute atomic E-state index is 13.5. The molecule has 0 aliphatic carbocycles. The maximum Gasteiger partial charge on any atom is 0.352 e. The van der Waals surface area contributed by atoms with Gasteiger partial charge in [-0.1, -0.05) is 35.9 Å². The number of ether oxygens (including phenoxy) is 1. The monoisotopic (exact) mass is 535 g/mol. The number of hydrogen-bond acceptors (Lipinski definition) is 7. The number of piperidine rings is 1. The van der Waals surface area contributed by atoms with Crippen LogP contribution in [0.25, 0.3) is 0 Å². The maximum atomic E-state index is 13.5. The van der Waals surface area contributed by atoms with Crippen LogP contribution in [0.3, 0.4) is 0 Å². The molecule has 12 heteroatoms.